The molecule has 7 nitrogen and oxygen atoms in total. The number of azide groups is 1. The van der Waals surface area contributed by atoms with Gasteiger partial charge in [-0.1, -0.05) is 35.4 Å². The summed E-state index contributed by atoms with van der Waals surface area (Å²) in [6.45, 7) is 3.07. The number of fused-ring (bicyclic) bond motifs is 1. The lowest BCUT2D eigenvalue weighted by atomic mass is 9.89. The van der Waals surface area contributed by atoms with Crippen molar-refractivity contribution < 1.29 is 19.4 Å². The SMILES string of the molecule is CC(=O)O[C@H]1[C@H](N=[N+]=[N-])C[C@H](c2c(O)ccc3ccccc23)O[C@@H]1C. The molecule has 0 aromatic heterocycles. The van der Waals surface area contributed by atoms with Crippen LogP contribution in [0.3, 0.4) is 0 Å². The molecule has 0 saturated carbocycles. The van der Waals surface area contributed by atoms with E-state index >= 15 is 0 Å². The van der Waals surface area contributed by atoms with Crippen molar-refractivity contribution in [2.75, 3.05) is 0 Å². The Kier molecular flexibility index (Phi) is 4.79. The van der Waals surface area contributed by atoms with Crippen LogP contribution < -0.4 is 0 Å². The van der Waals surface area contributed by atoms with Gasteiger partial charge in [0.05, 0.1) is 18.2 Å². The normalized spacial score (nSPS) is 26.0. The summed E-state index contributed by atoms with van der Waals surface area (Å²) in [7, 11) is 0. The highest BCUT2D eigenvalue weighted by Crippen LogP contribution is 2.41. The molecule has 2 aromatic carbocycles. The maximum absolute atomic E-state index is 11.3. The van der Waals surface area contributed by atoms with Crippen molar-refractivity contribution in [2.24, 2.45) is 5.11 Å². The number of nitrogens with zero attached hydrogens (tertiary/aromatic N) is 3. The molecule has 7 heteroatoms. The fourth-order valence-corrected chi connectivity index (χ4v) is 3.41. The number of rotatable bonds is 3. The first-order chi connectivity index (χ1) is 12.0. The van der Waals surface area contributed by atoms with Crippen LogP contribution >= 0.6 is 0 Å². The molecule has 130 valence electrons. The number of benzene rings is 2. The minimum atomic E-state index is -0.651. The number of carbonyl (C=O) groups is 1. The lowest BCUT2D eigenvalue weighted by Gasteiger charge is -2.38. The predicted molar refractivity (Wildman–Crippen MR) is 92.0 cm³/mol. The lowest BCUT2D eigenvalue weighted by Crippen LogP contribution is -2.45. The van der Waals surface area contributed by atoms with Crippen molar-refractivity contribution >= 4 is 16.7 Å². The van der Waals surface area contributed by atoms with Crippen LogP contribution in [0.25, 0.3) is 21.2 Å². The molecule has 1 heterocycles. The first-order valence-electron chi connectivity index (χ1n) is 8.08. The Morgan fingerprint density at radius 1 is 1.36 bits per heavy atom. The standard InChI is InChI=1S/C18H19N3O4/c1-10-18(25-11(2)22)14(20-21-19)9-16(24-10)17-13-6-4-3-5-12(13)7-8-15(17)23/h3-8,10,14,16,18,23H,9H2,1-2H3/t10-,14-,16-,18-/m1/s1. The van der Waals surface area contributed by atoms with E-state index in [9.17, 15) is 9.90 Å². The number of phenolic OH excluding ortho intramolecular Hbond substituents is 1. The average molecular weight is 341 g/mol. The Labute approximate surface area is 144 Å². The zero-order chi connectivity index (χ0) is 18.0. The first kappa shape index (κ1) is 17.1. The number of aromatic hydroxyl groups is 1. The lowest BCUT2D eigenvalue weighted by molar-refractivity contribution is -0.171. The minimum absolute atomic E-state index is 0.126. The van der Waals surface area contributed by atoms with Crippen LogP contribution in [0.15, 0.2) is 41.5 Å². The molecule has 0 bridgehead atoms. The van der Waals surface area contributed by atoms with E-state index in [1.807, 2.05) is 30.3 Å². The molecule has 0 radical (unpaired) electrons. The second-order valence-corrected chi connectivity index (χ2v) is 6.13. The van der Waals surface area contributed by atoms with E-state index in [2.05, 4.69) is 10.0 Å². The highest BCUT2D eigenvalue weighted by molar-refractivity contribution is 5.88. The largest absolute Gasteiger partial charge is 0.508 e. The molecule has 2 aromatic rings. The molecule has 3 rings (SSSR count). The van der Waals surface area contributed by atoms with E-state index in [1.165, 1.54) is 6.92 Å². The zero-order valence-corrected chi connectivity index (χ0v) is 14.0. The number of hydrogen-bond donors (Lipinski definition) is 1. The highest BCUT2D eigenvalue weighted by atomic mass is 16.6. The predicted octanol–water partition coefficient (Wildman–Crippen LogP) is 4.01. The van der Waals surface area contributed by atoms with Crippen molar-refractivity contribution in [3.05, 3.63) is 52.4 Å². The Morgan fingerprint density at radius 3 is 2.84 bits per heavy atom. The van der Waals surface area contributed by atoms with Crippen molar-refractivity contribution in [2.45, 2.75) is 44.6 Å². The van der Waals surface area contributed by atoms with Gasteiger partial charge in [0.2, 0.25) is 0 Å². The summed E-state index contributed by atoms with van der Waals surface area (Å²) in [5.74, 6) is -0.327. The van der Waals surface area contributed by atoms with Crippen molar-refractivity contribution in [1.29, 1.82) is 0 Å². The van der Waals surface area contributed by atoms with Crippen LogP contribution in [-0.2, 0) is 14.3 Å². The summed E-state index contributed by atoms with van der Waals surface area (Å²) in [6, 6.07) is 10.6. The van der Waals surface area contributed by atoms with Gasteiger partial charge < -0.3 is 14.6 Å². The van der Waals surface area contributed by atoms with E-state index in [1.54, 1.807) is 13.0 Å². The molecule has 0 aliphatic carbocycles. The second-order valence-electron chi connectivity index (χ2n) is 6.13. The summed E-state index contributed by atoms with van der Waals surface area (Å²) in [5, 5.41) is 16.1. The number of hydrogen-bond acceptors (Lipinski definition) is 5. The molecule has 1 aliphatic heterocycles. The minimum Gasteiger partial charge on any atom is -0.508 e. The van der Waals surface area contributed by atoms with Crippen molar-refractivity contribution in [3.63, 3.8) is 0 Å². The van der Waals surface area contributed by atoms with Gasteiger partial charge >= 0.3 is 5.97 Å². The third-order valence-electron chi connectivity index (χ3n) is 4.45. The smallest absolute Gasteiger partial charge is 0.303 e. The van der Waals surface area contributed by atoms with Crippen molar-refractivity contribution in [3.8, 4) is 5.75 Å². The van der Waals surface area contributed by atoms with Gasteiger partial charge in [0.25, 0.3) is 0 Å². The second kappa shape index (κ2) is 7.01. The molecule has 1 fully saturated rings. The van der Waals surface area contributed by atoms with Crippen LogP contribution in [0.4, 0.5) is 0 Å². The van der Waals surface area contributed by atoms with E-state index in [-0.39, 0.29) is 5.75 Å². The molecule has 25 heavy (non-hydrogen) atoms. The van der Waals surface area contributed by atoms with Crippen LogP contribution in [0.1, 0.15) is 31.9 Å². The molecular formula is C18H19N3O4. The molecule has 0 amide bonds. The molecular weight excluding hydrogens is 322 g/mol. The Bertz CT molecular complexity index is 847. The van der Waals surface area contributed by atoms with Gasteiger partial charge in [-0.2, -0.15) is 0 Å². The molecule has 1 aliphatic rings. The topological polar surface area (TPSA) is 105 Å². The summed E-state index contributed by atoms with van der Waals surface area (Å²) in [4.78, 5) is 14.2. The van der Waals surface area contributed by atoms with Gasteiger partial charge in [-0.05, 0) is 35.7 Å². The molecule has 0 unspecified atom stereocenters. The number of esters is 1. The van der Waals surface area contributed by atoms with Gasteiger partial charge in [-0.15, -0.1) is 0 Å². The van der Waals surface area contributed by atoms with Gasteiger partial charge in [0, 0.05) is 17.4 Å². The average Bonchev–Trinajstić information content (AvgIpc) is 2.57. The zero-order valence-electron chi connectivity index (χ0n) is 14.0. The van der Waals surface area contributed by atoms with Gasteiger partial charge in [-0.25, -0.2) is 0 Å². The fourth-order valence-electron chi connectivity index (χ4n) is 3.41. The summed E-state index contributed by atoms with van der Waals surface area (Å²) < 4.78 is 11.3. The van der Waals surface area contributed by atoms with E-state index in [0.29, 0.717) is 12.0 Å². The van der Waals surface area contributed by atoms with Crippen LogP contribution in [0.5, 0.6) is 5.75 Å². The monoisotopic (exact) mass is 341 g/mol. The Balaban J connectivity index is 2.01. The number of carbonyl (C=O) groups excluding carboxylic acids is 1. The number of ether oxygens (including phenoxy) is 2. The Morgan fingerprint density at radius 2 is 2.12 bits per heavy atom. The maximum atomic E-state index is 11.3. The molecule has 4 atom stereocenters. The van der Waals surface area contributed by atoms with E-state index in [0.717, 1.165) is 10.8 Å². The van der Waals surface area contributed by atoms with Crippen LogP contribution in [0, 0.1) is 0 Å². The Hall–Kier alpha value is -2.76. The van der Waals surface area contributed by atoms with Gasteiger partial charge in [0.1, 0.15) is 11.9 Å². The third kappa shape index (κ3) is 3.38. The van der Waals surface area contributed by atoms with Crippen molar-refractivity contribution in [1.82, 2.24) is 0 Å². The number of phenols is 1. The maximum Gasteiger partial charge on any atom is 0.303 e. The summed E-state index contributed by atoms with van der Waals surface area (Å²) in [5.41, 5.74) is 9.52. The van der Waals surface area contributed by atoms with Gasteiger partial charge in [-0.3, -0.25) is 4.79 Å². The summed E-state index contributed by atoms with van der Waals surface area (Å²) in [6.07, 6.45) is -1.28. The highest BCUT2D eigenvalue weighted by Gasteiger charge is 2.40. The molecule has 0 spiro atoms. The summed E-state index contributed by atoms with van der Waals surface area (Å²) >= 11 is 0. The van der Waals surface area contributed by atoms with Crippen LogP contribution in [-0.4, -0.2) is 29.3 Å². The first-order valence-corrected chi connectivity index (χ1v) is 8.08. The third-order valence-corrected chi connectivity index (χ3v) is 4.45. The molecule has 1 N–H and O–H groups in total. The molecule has 1 saturated heterocycles. The quantitative estimate of drug-likeness (QED) is 0.394. The van der Waals surface area contributed by atoms with E-state index < -0.39 is 30.3 Å². The van der Waals surface area contributed by atoms with Gasteiger partial charge in [0.15, 0.2) is 0 Å². The fraction of sp³-hybridized carbons (Fsp3) is 0.389. The van der Waals surface area contributed by atoms with Crippen LogP contribution in [0.2, 0.25) is 0 Å². The van der Waals surface area contributed by atoms with E-state index in [4.69, 9.17) is 15.0 Å².